The maximum Gasteiger partial charge on any atom is 0.263 e. The standard InChI is InChI=1S/C14H23N3OS2/c1-3-4-5-8-16-14-12(19-2)10(15)11(20-14)13(18)17-9-6-7-9/h9,16H,3-8,15H2,1-2H3,(H,17,18). The van der Waals surface area contributed by atoms with Gasteiger partial charge in [-0.15, -0.1) is 23.1 Å². The molecule has 1 fully saturated rings. The van der Waals surface area contributed by atoms with Crippen molar-refractivity contribution in [3.05, 3.63) is 4.88 Å². The number of nitrogens with two attached hydrogens (primary N) is 1. The molecule has 4 nitrogen and oxygen atoms in total. The molecular formula is C14H23N3OS2. The van der Waals surface area contributed by atoms with Crippen LogP contribution in [0.15, 0.2) is 4.90 Å². The van der Waals surface area contributed by atoms with Crippen molar-refractivity contribution < 1.29 is 4.79 Å². The lowest BCUT2D eigenvalue weighted by atomic mass is 10.2. The lowest BCUT2D eigenvalue weighted by molar-refractivity contribution is 0.0956. The van der Waals surface area contributed by atoms with Crippen LogP contribution in [0.1, 0.15) is 48.7 Å². The van der Waals surface area contributed by atoms with Crippen LogP contribution in [0.4, 0.5) is 10.7 Å². The van der Waals surface area contributed by atoms with Crippen molar-refractivity contribution in [2.24, 2.45) is 0 Å². The molecule has 20 heavy (non-hydrogen) atoms. The molecule has 1 saturated carbocycles. The number of carbonyl (C=O) groups is 1. The van der Waals surface area contributed by atoms with E-state index >= 15 is 0 Å². The third-order valence-corrected chi connectivity index (χ3v) is 5.41. The van der Waals surface area contributed by atoms with Crippen molar-refractivity contribution in [3.63, 3.8) is 0 Å². The Morgan fingerprint density at radius 3 is 2.80 bits per heavy atom. The number of carbonyl (C=O) groups excluding carboxylic acids is 1. The first kappa shape index (κ1) is 15.5. The maximum absolute atomic E-state index is 12.2. The van der Waals surface area contributed by atoms with Crippen LogP contribution in [-0.2, 0) is 0 Å². The van der Waals surface area contributed by atoms with E-state index < -0.39 is 0 Å². The van der Waals surface area contributed by atoms with Crippen LogP contribution in [0.2, 0.25) is 0 Å². The van der Waals surface area contributed by atoms with Crippen LogP contribution in [-0.4, -0.2) is 24.7 Å². The van der Waals surface area contributed by atoms with Gasteiger partial charge in [0, 0.05) is 12.6 Å². The number of thiophene rings is 1. The molecule has 1 aromatic heterocycles. The second kappa shape index (κ2) is 7.22. The van der Waals surface area contributed by atoms with Crippen molar-refractivity contribution in [1.29, 1.82) is 0 Å². The number of unbranched alkanes of at least 4 members (excludes halogenated alkanes) is 2. The highest BCUT2D eigenvalue weighted by Gasteiger charge is 2.27. The molecular weight excluding hydrogens is 290 g/mol. The third-order valence-electron chi connectivity index (χ3n) is 3.29. The minimum absolute atomic E-state index is 0.0214. The largest absolute Gasteiger partial charge is 0.396 e. The summed E-state index contributed by atoms with van der Waals surface area (Å²) in [5.41, 5.74) is 6.75. The average molecular weight is 313 g/mol. The zero-order valence-electron chi connectivity index (χ0n) is 12.1. The Hall–Kier alpha value is -0.880. The molecule has 0 spiro atoms. The van der Waals surface area contributed by atoms with Gasteiger partial charge in [0.15, 0.2) is 0 Å². The smallest absolute Gasteiger partial charge is 0.263 e. The Labute approximate surface area is 128 Å². The summed E-state index contributed by atoms with van der Waals surface area (Å²) in [4.78, 5) is 13.8. The fourth-order valence-electron chi connectivity index (χ4n) is 1.97. The second-order valence-electron chi connectivity index (χ2n) is 5.09. The normalized spacial score (nSPS) is 14.3. The molecule has 0 bridgehead atoms. The Bertz CT molecular complexity index is 469. The molecule has 0 saturated heterocycles. The number of hydrogen-bond donors (Lipinski definition) is 3. The second-order valence-corrected chi connectivity index (χ2v) is 6.93. The van der Waals surface area contributed by atoms with Crippen molar-refractivity contribution in [2.75, 3.05) is 23.9 Å². The van der Waals surface area contributed by atoms with Gasteiger partial charge in [0.2, 0.25) is 0 Å². The van der Waals surface area contributed by atoms with E-state index in [0.29, 0.717) is 16.6 Å². The molecule has 6 heteroatoms. The topological polar surface area (TPSA) is 67.2 Å². The van der Waals surface area contributed by atoms with Crippen LogP contribution < -0.4 is 16.4 Å². The molecule has 1 aliphatic rings. The monoisotopic (exact) mass is 313 g/mol. The highest BCUT2D eigenvalue weighted by atomic mass is 32.2. The predicted molar refractivity (Wildman–Crippen MR) is 89.0 cm³/mol. The quantitative estimate of drug-likeness (QED) is 0.507. The van der Waals surface area contributed by atoms with Crippen molar-refractivity contribution in [3.8, 4) is 0 Å². The maximum atomic E-state index is 12.2. The SMILES string of the molecule is CCCCCNc1sc(C(=O)NC2CC2)c(N)c1SC. The van der Waals surface area contributed by atoms with Gasteiger partial charge >= 0.3 is 0 Å². The summed E-state index contributed by atoms with van der Waals surface area (Å²) in [5.74, 6) is -0.0214. The van der Waals surface area contributed by atoms with Crippen LogP contribution >= 0.6 is 23.1 Å². The first-order valence-electron chi connectivity index (χ1n) is 7.18. The summed E-state index contributed by atoms with van der Waals surface area (Å²) >= 11 is 3.08. The van der Waals surface area contributed by atoms with E-state index in [1.54, 1.807) is 11.8 Å². The number of hydrogen-bond acceptors (Lipinski definition) is 5. The summed E-state index contributed by atoms with van der Waals surface area (Å²) in [5, 5.41) is 7.46. The fourth-order valence-corrected chi connectivity index (χ4v) is 3.94. The summed E-state index contributed by atoms with van der Waals surface area (Å²) in [6, 6.07) is 0.364. The molecule has 0 atom stereocenters. The molecule has 4 N–H and O–H groups in total. The van der Waals surface area contributed by atoms with E-state index in [1.165, 1.54) is 24.2 Å². The van der Waals surface area contributed by atoms with Gasteiger partial charge < -0.3 is 16.4 Å². The lowest BCUT2D eigenvalue weighted by Gasteiger charge is -2.05. The van der Waals surface area contributed by atoms with Gasteiger partial charge in [-0.05, 0) is 25.5 Å². The van der Waals surface area contributed by atoms with Crippen molar-refractivity contribution in [2.45, 2.75) is 50.0 Å². The molecule has 1 amide bonds. The zero-order valence-corrected chi connectivity index (χ0v) is 13.8. The Balaban J connectivity index is 2.04. The number of rotatable bonds is 8. The fraction of sp³-hybridized carbons (Fsp3) is 0.643. The summed E-state index contributed by atoms with van der Waals surface area (Å²) in [6.45, 7) is 3.13. The first-order valence-corrected chi connectivity index (χ1v) is 9.22. The number of thioether (sulfide) groups is 1. The number of anilines is 2. The van der Waals surface area contributed by atoms with E-state index in [4.69, 9.17) is 5.73 Å². The van der Waals surface area contributed by atoms with E-state index in [9.17, 15) is 4.79 Å². The van der Waals surface area contributed by atoms with E-state index in [2.05, 4.69) is 17.6 Å². The molecule has 0 aliphatic heterocycles. The van der Waals surface area contributed by atoms with Crippen LogP contribution in [0.5, 0.6) is 0 Å². The minimum Gasteiger partial charge on any atom is -0.396 e. The third kappa shape index (κ3) is 3.82. The van der Waals surface area contributed by atoms with Gasteiger partial charge in [-0.3, -0.25) is 4.79 Å². The van der Waals surface area contributed by atoms with Gasteiger partial charge in [-0.25, -0.2) is 0 Å². The number of amides is 1. The van der Waals surface area contributed by atoms with Gasteiger partial charge in [-0.2, -0.15) is 0 Å². The summed E-state index contributed by atoms with van der Waals surface area (Å²) < 4.78 is 0. The van der Waals surface area contributed by atoms with Gasteiger partial charge in [0.05, 0.1) is 10.6 Å². The molecule has 2 rings (SSSR count). The number of nitrogens with one attached hydrogen (secondary N) is 2. The number of nitrogen functional groups attached to an aromatic ring is 1. The van der Waals surface area contributed by atoms with Crippen molar-refractivity contribution in [1.82, 2.24) is 5.32 Å². The Morgan fingerprint density at radius 1 is 1.45 bits per heavy atom. The highest BCUT2D eigenvalue weighted by molar-refractivity contribution is 7.99. The van der Waals surface area contributed by atoms with Gasteiger partial charge in [0.25, 0.3) is 5.91 Å². The molecule has 0 radical (unpaired) electrons. The predicted octanol–water partition coefficient (Wildman–Crippen LogP) is 3.55. The molecule has 1 aromatic rings. The van der Waals surface area contributed by atoms with E-state index in [-0.39, 0.29) is 5.91 Å². The van der Waals surface area contributed by atoms with E-state index in [1.807, 2.05) is 6.26 Å². The average Bonchev–Trinajstić information content (AvgIpc) is 3.18. The molecule has 112 valence electrons. The molecule has 1 aliphatic carbocycles. The van der Waals surface area contributed by atoms with Crippen LogP contribution in [0, 0.1) is 0 Å². The lowest BCUT2D eigenvalue weighted by Crippen LogP contribution is -2.25. The van der Waals surface area contributed by atoms with Crippen LogP contribution in [0.3, 0.4) is 0 Å². The highest BCUT2D eigenvalue weighted by Crippen LogP contribution is 2.41. The van der Waals surface area contributed by atoms with Gasteiger partial charge in [-0.1, -0.05) is 19.8 Å². The Morgan fingerprint density at radius 2 is 2.20 bits per heavy atom. The van der Waals surface area contributed by atoms with Gasteiger partial charge in [0.1, 0.15) is 9.88 Å². The molecule has 0 aromatic carbocycles. The molecule has 1 heterocycles. The summed E-state index contributed by atoms with van der Waals surface area (Å²) in [7, 11) is 0. The molecule has 0 unspecified atom stereocenters. The van der Waals surface area contributed by atoms with Crippen molar-refractivity contribution >= 4 is 39.7 Å². The van der Waals surface area contributed by atoms with Crippen LogP contribution in [0.25, 0.3) is 0 Å². The summed E-state index contributed by atoms with van der Waals surface area (Å²) in [6.07, 6.45) is 7.75. The first-order chi connectivity index (χ1) is 9.67. The Kier molecular flexibility index (Phi) is 5.60. The minimum atomic E-state index is -0.0214. The zero-order chi connectivity index (χ0) is 14.5. The van der Waals surface area contributed by atoms with E-state index in [0.717, 1.165) is 35.7 Å².